The molecule has 7 rings (SSSR count). The highest BCUT2D eigenvalue weighted by Crippen LogP contribution is 2.61. The van der Waals surface area contributed by atoms with Gasteiger partial charge in [0.25, 0.3) is 11.8 Å². The van der Waals surface area contributed by atoms with Crippen LogP contribution in [0.3, 0.4) is 0 Å². The zero-order chi connectivity index (χ0) is 21.9. The number of nitrogens with two attached hydrogens (primary N) is 1. The van der Waals surface area contributed by atoms with E-state index in [1.807, 2.05) is 54.6 Å². The van der Waals surface area contributed by atoms with Gasteiger partial charge in [0, 0.05) is 12.2 Å². The summed E-state index contributed by atoms with van der Waals surface area (Å²) in [6, 6.07) is 16.0. The van der Waals surface area contributed by atoms with Crippen molar-refractivity contribution >= 4 is 28.9 Å². The Morgan fingerprint density at radius 3 is 1.97 bits per heavy atom. The summed E-state index contributed by atoms with van der Waals surface area (Å²) in [6.07, 6.45) is 9.17. The van der Waals surface area contributed by atoms with Crippen molar-refractivity contribution < 1.29 is 9.59 Å². The summed E-state index contributed by atoms with van der Waals surface area (Å²) < 4.78 is 0. The number of hydrogen-bond acceptors (Lipinski definition) is 3. The molecule has 0 aromatic heterocycles. The van der Waals surface area contributed by atoms with E-state index in [0.29, 0.717) is 12.0 Å². The Bertz CT molecular complexity index is 1010. The Balaban J connectivity index is 1.34. The van der Waals surface area contributed by atoms with Crippen LogP contribution in [0, 0.1) is 23.2 Å². The lowest BCUT2D eigenvalue weighted by Crippen LogP contribution is -2.52. The summed E-state index contributed by atoms with van der Waals surface area (Å²) in [5, 5.41) is 0. The lowest BCUT2D eigenvalue weighted by atomic mass is 9.49. The summed E-state index contributed by atoms with van der Waals surface area (Å²) in [4.78, 5) is 30.2. The van der Waals surface area contributed by atoms with E-state index in [-0.39, 0.29) is 11.8 Å². The molecule has 5 heteroatoms. The van der Waals surface area contributed by atoms with Crippen molar-refractivity contribution in [2.24, 2.45) is 28.9 Å². The van der Waals surface area contributed by atoms with Crippen molar-refractivity contribution in [3.05, 3.63) is 54.6 Å². The molecule has 2 amide bonds. The van der Waals surface area contributed by atoms with Crippen molar-refractivity contribution in [3.63, 3.8) is 0 Å². The van der Waals surface area contributed by atoms with Crippen molar-refractivity contribution in [2.75, 3.05) is 16.3 Å². The van der Waals surface area contributed by atoms with Crippen molar-refractivity contribution in [1.82, 2.24) is 0 Å². The Kier molecular flexibility index (Phi) is 4.65. The molecule has 5 aliphatic rings. The molecule has 1 aliphatic heterocycles. The Morgan fingerprint density at radius 1 is 0.781 bits per heavy atom. The van der Waals surface area contributed by atoms with E-state index in [4.69, 9.17) is 5.73 Å². The van der Waals surface area contributed by atoms with E-state index < -0.39 is 6.04 Å². The van der Waals surface area contributed by atoms with Crippen LogP contribution in [0.15, 0.2) is 54.6 Å². The van der Waals surface area contributed by atoms with Gasteiger partial charge in [-0.2, -0.15) is 0 Å². The van der Waals surface area contributed by atoms with Crippen molar-refractivity contribution in [3.8, 4) is 0 Å². The van der Waals surface area contributed by atoms with Gasteiger partial charge in [-0.3, -0.25) is 14.5 Å². The minimum atomic E-state index is -1.20. The minimum absolute atomic E-state index is 0.286. The van der Waals surface area contributed by atoms with Gasteiger partial charge in [-0.1, -0.05) is 30.3 Å². The molecule has 4 saturated carbocycles. The number of para-hydroxylation sites is 3. The molecule has 1 unspecified atom stereocenters. The first-order valence-corrected chi connectivity index (χ1v) is 12.1. The van der Waals surface area contributed by atoms with Crippen LogP contribution in [0.5, 0.6) is 0 Å². The first-order valence-electron chi connectivity index (χ1n) is 12.1. The number of carbonyl (C=O) groups excluding carboxylic acids is 2. The number of benzene rings is 2. The fourth-order valence-corrected chi connectivity index (χ4v) is 7.55. The van der Waals surface area contributed by atoms with Crippen LogP contribution in [0.2, 0.25) is 0 Å². The number of carbonyl (C=O) groups is 2. The number of anilines is 3. The molecule has 4 aliphatic carbocycles. The van der Waals surface area contributed by atoms with Gasteiger partial charge in [0.05, 0.1) is 11.4 Å². The lowest BCUT2D eigenvalue weighted by Gasteiger charge is -2.57. The van der Waals surface area contributed by atoms with Gasteiger partial charge in [0.2, 0.25) is 0 Å². The summed E-state index contributed by atoms with van der Waals surface area (Å²) in [6.45, 7) is 0.631. The summed E-state index contributed by atoms with van der Waals surface area (Å²) in [7, 11) is 0. The average molecular weight is 430 g/mol. The predicted molar refractivity (Wildman–Crippen MR) is 126 cm³/mol. The molecule has 1 heterocycles. The second kappa shape index (κ2) is 7.45. The van der Waals surface area contributed by atoms with E-state index in [9.17, 15) is 9.59 Å². The zero-order valence-electron chi connectivity index (χ0n) is 18.5. The van der Waals surface area contributed by atoms with E-state index in [1.165, 1.54) is 38.5 Å². The fourth-order valence-electron chi connectivity index (χ4n) is 7.55. The third-order valence-electron chi connectivity index (χ3n) is 8.48. The first-order chi connectivity index (χ1) is 15.5. The third kappa shape index (κ3) is 3.17. The monoisotopic (exact) mass is 429 g/mol. The summed E-state index contributed by atoms with van der Waals surface area (Å²) in [5.74, 6) is 1.99. The SMILES string of the molecule is NC1C(=O)N(CCC23CC4CC(CC(C4)C2)C3)c2ccccc2N(c2ccccc2)C1=O. The zero-order valence-corrected chi connectivity index (χ0v) is 18.5. The Hall–Kier alpha value is -2.66. The van der Waals surface area contributed by atoms with Crippen molar-refractivity contribution in [2.45, 2.75) is 51.0 Å². The average Bonchev–Trinajstić information content (AvgIpc) is 2.86. The Morgan fingerprint density at radius 2 is 1.34 bits per heavy atom. The van der Waals surface area contributed by atoms with Gasteiger partial charge in [0.15, 0.2) is 6.04 Å². The highest BCUT2D eigenvalue weighted by molar-refractivity contribution is 6.22. The molecular weight excluding hydrogens is 398 g/mol. The summed E-state index contributed by atoms with van der Waals surface area (Å²) in [5.41, 5.74) is 8.89. The summed E-state index contributed by atoms with van der Waals surface area (Å²) >= 11 is 0. The molecule has 2 aromatic carbocycles. The molecule has 5 nitrogen and oxygen atoms in total. The predicted octanol–water partition coefficient (Wildman–Crippen LogP) is 4.63. The number of amides is 2. The fraction of sp³-hybridized carbons (Fsp3) is 0.481. The topological polar surface area (TPSA) is 66.6 Å². The van der Waals surface area contributed by atoms with Gasteiger partial charge in [-0.15, -0.1) is 0 Å². The quantitative estimate of drug-likeness (QED) is 0.721. The van der Waals surface area contributed by atoms with Crippen LogP contribution >= 0.6 is 0 Å². The van der Waals surface area contributed by atoms with Gasteiger partial charge >= 0.3 is 0 Å². The second-order valence-electron chi connectivity index (χ2n) is 10.6. The van der Waals surface area contributed by atoms with E-state index in [0.717, 1.165) is 41.2 Å². The first kappa shape index (κ1) is 20.0. The van der Waals surface area contributed by atoms with E-state index in [1.54, 1.807) is 9.80 Å². The molecule has 4 fully saturated rings. The molecular formula is C27H31N3O2. The van der Waals surface area contributed by atoms with Gasteiger partial charge in [-0.25, -0.2) is 0 Å². The standard InChI is InChI=1S/C27H31N3O2/c28-24-25(31)29(11-10-27-15-18-12-19(16-27)14-20(13-18)17-27)22-8-4-5-9-23(22)30(26(24)32)21-6-2-1-3-7-21/h1-9,18-20,24H,10-17,28H2. The highest BCUT2D eigenvalue weighted by Gasteiger charge is 2.51. The molecule has 0 saturated heterocycles. The van der Waals surface area contributed by atoms with Crippen LogP contribution in [-0.4, -0.2) is 24.4 Å². The molecule has 1 atom stereocenters. The van der Waals surface area contributed by atoms with Crippen LogP contribution in [-0.2, 0) is 9.59 Å². The number of rotatable bonds is 4. The van der Waals surface area contributed by atoms with Crippen molar-refractivity contribution in [1.29, 1.82) is 0 Å². The van der Waals surface area contributed by atoms with Crippen LogP contribution < -0.4 is 15.5 Å². The smallest absolute Gasteiger partial charge is 0.258 e. The van der Waals surface area contributed by atoms with Gasteiger partial charge < -0.3 is 10.6 Å². The number of nitrogens with zero attached hydrogens (tertiary/aromatic N) is 2. The maximum atomic E-state index is 13.5. The largest absolute Gasteiger partial charge is 0.312 e. The molecule has 2 aromatic rings. The van der Waals surface area contributed by atoms with Crippen LogP contribution in [0.4, 0.5) is 17.1 Å². The van der Waals surface area contributed by atoms with E-state index >= 15 is 0 Å². The molecule has 2 N–H and O–H groups in total. The maximum absolute atomic E-state index is 13.5. The second-order valence-corrected chi connectivity index (χ2v) is 10.6. The maximum Gasteiger partial charge on any atom is 0.258 e. The molecule has 32 heavy (non-hydrogen) atoms. The normalized spacial score (nSPS) is 33.4. The number of fused-ring (bicyclic) bond motifs is 1. The van der Waals surface area contributed by atoms with Crippen LogP contribution in [0.25, 0.3) is 0 Å². The minimum Gasteiger partial charge on any atom is -0.312 e. The van der Waals surface area contributed by atoms with Crippen LogP contribution in [0.1, 0.15) is 44.9 Å². The van der Waals surface area contributed by atoms with Gasteiger partial charge in [0.1, 0.15) is 0 Å². The number of hydrogen-bond donors (Lipinski definition) is 1. The molecule has 0 radical (unpaired) electrons. The van der Waals surface area contributed by atoms with Gasteiger partial charge in [-0.05, 0) is 92.4 Å². The molecule has 166 valence electrons. The third-order valence-corrected chi connectivity index (χ3v) is 8.48. The molecule has 4 bridgehead atoms. The molecule has 0 spiro atoms. The van der Waals surface area contributed by atoms with E-state index in [2.05, 4.69) is 0 Å². The highest BCUT2D eigenvalue weighted by atomic mass is 16.2. The Labute approximate surface area is 189 Å². The lowest BCUT2D eigenvalue weighted by molar-refractivity contribution is -0.127.